The molecule has 0 spiro atoms. The fraction of sp³-hybridized carbons (Fsp3) is 0.280. The zero-order valence-electron chi connectivity index (χ0n) is 19.5. The number of nitrogens with two attached hydrogens (primary N) is 1. The van der Waals surface area contributed by atoms with Crippen molar-refractivity contribution in [2.45, 2.75) is 13.8 Å². The molecule has 1 saturated heterocycles. The summed E-state index contributed by atoms with van der Waals surface area (Å²) in [6.45, 7) is 6.96. The van der Waals surface area contributed by atoms with Gasteiger partial charge >= 0.3 is 0 Å². The van der Waals surface area contributed by atoms with Gasteiger partial charge in [0.15, 0.2) is 0 Å². The van der Waals surface area contributed by atoms with E-state index in [4.69, 9.17) is 5.73 Å². The summed E-state index contributed by atoms with van der Waals surface area (Å²) >= 11 is 0. The lowest BCUT2D eigenvalue weighted by Gasteiger charge is -2.32. The van der Waals surface area contributed by atoms with E-state index in [1.165, 1.54) is 0 Å². The first kappa shape index (κ1) is 21.8. The smallest absolute Gasteiger partial charge is 0.256 e. The number of aromatic amines is 1. The fourth-order valence-electron chi connectivity index (χ4n) is 4.66. The minimum absolute atomic E-state index is 0.0278. The summed E-state index contributed by atoms with van der Waals surface area (Å²) < 4.78 is 0. The van der Waals surface area contributed by atoms with Crippen molar-refractivity contribution in [2.75, 3.05) is 44.3 Å². The van der Waals surface area contributed by atoms with Crippen LogP contribution < -0.4 is 11.1 Å². The molecule has 34 heavy (non-hydrogen) atoms. The molecule has 0 unspecified atom stereocenters. The molecule has 0 aliphatic carbocycles. The Morgan fingerprint density at radius 3 is 2.53 bits per heavy atom. The molecule has 9 nitrogen and oxygen atoms in total. The summed E-state index contributed by atoms with van der Waals surface area (Å²) in [6, 6.07) is 5.67. The molecule has 0 radical (unpaired) electrons. The Balaban J connectivity index is 1.55. The van der Waals surface area contributed by atoms with E-state index in [1.54, 1.807) is 12.4 Å². The van der Waals surface area contributed by atoms with Crippen molar-refractivity contribution in [3.63, 3.8) is 0 Å². The Labute approximate surface area is 197 Å². The fourth-order valence-corrected chi connectivity index (χ4v) is 4.66. The van der Waals surface area contributed by atoms with E-state index < -0.39 is 0 Å². The zero-order chi connectivity index (χ0) is 24.0. The predicted molar refractivity (Wildman–Crippen MR) is 132 cm³/mol. The molecule has 4 heterocycles. The number of carbonyl (C=O) groups is 2. The number of likely N-dealkylation sites (N-methyl/N-ethyl adjacent to an activating group) is 1. The quantitative estimate of drug-likeness (QED) is 0.520. The van der Waals surface area contributed by atoms with Gasteiger partial charge < -0.3 is 25.8 Å². The van der Waals surface area contributed by atoms with E-state index in [0.29, 0.717) is 24.2 Å². The van der Waals surface area contributed by atoms with Gasteiger partial charge in [-0.15, -0.1) is 0 Å². The molecule has 174 valence electrons. The molecule has 1 aromatic carbocycles. The third-order valence-corrected chi connectivity index (χ3v) is 6.58. The van der Waals surface area contributed by atoms with E-state index in [9.17, 15) is 9.59 Å². The molecule has 2 aliphatic rings. The number of hydrogen-bond acceptors (Lipinski definition) is 6. The lowest BCUT2D eigenvalue weighted by Crippen LogP contribution is -2.47. The molecule has 9 heteroatoms. The minimum Gasteiger partial charge on any atom is -0.368 e. The van der Waals surface area contributed by atoms with Crippen LogP contribution in [0.25, 0.3) is 22.8 Å². The standard InChI is InChI=1S/C25H27N7O2/c1-14-20(29-15(2)21(14)24(34)32-9-7-31(3)8-10-32)11-18-22-17(16-12-27-25(26)28-13-16)5-4-6-19(22)30-23(18)33/h4-6,11-13,29H,7-10H2,1-3H3,(H,30,33)(H2,26,27,28)/b18-11-. The molecule has 2 amide bonds. The average Bonchev–Trinajstić information content (AvgIpc) is 3.29. The number of nitrogens with one attached hydrogen (secondary N) is 2. The summed E-state index contributed by atoms with van der Waals surface area (Å²) in [5, 5.41) is 2.94. The van der Waals surface area contributed by atoms with Crippen LogP contribution in [0.15, 0.2) is 30.6 Å². The highest BCUT2D eigenvalue weighted by Crippen LogP contribution is 2.40. The van der Waals surface area contributed by atoms with Crippen LogP contribution in [0, 0.1) is 13.8 Å². The maximum absolute atomic E-state index is 13.3. The summed E-state index contributed by atoms with van der Waals surface area (Å²) in [7, 11) is 2.06. The van der Waals surface area contributed by atoms with E-state index in [0.717, 1.165) is 52.4 Å². The van der Waals surface area contributed by atoms with Crippen molar-refractivity contribution in [2.24, 2.45) is 0 Å². The summed E-state index contributed by atoms with van der Waals surface area (Å²) in [5.74, 6) is 0.0220. The van der Waals surface area contributed by atoms with Crippen molar-refractivity contribution in [1.29, 1.82) is 0 Å². The highest BCUT2D eigenvalue weighted by atomic mass is 16.2. The maximum atomic E-state index is 13.3. The van der Waals surface area contributed by atoms with Gasteiger partial charge in [0.2, 0.25) is 5.95 Å². The third kappa shape index (κ3) is 3.73. The third-order valence-electron chi connectivity index (χ3n) is 6.58. The number of amides is 2. The second kappa shape index (κ2) is 8.42. The molecule has 0 saturated carbocycles. The predicted octanol–water partition coefficient (Wildman–Crippen LogP) is 2.55. The molecule has 2 aromatic heterocycles. The van der Waals surface area contributed by atoms with Gasteiger partial charge in [-0.05, 0) is 44.2 Å². The molecule has 0 atom stereocenters. The Morgan fingerprint density at radius 2 is 1.82 bits per heavy atom. The number of aromatic nitrogens is 3. The van der Waals surface area contributed by atoms with Crippen LogP contribution in [0.2, 0.25) is 0 Å². The molecule has 5 rings (SSSR count). The highest BCUT2D eigenvalue weighted by molar-refractivity contribution is 6.36. The van der Waals surface area contributed by atoms with Gasteiger partial charge in [0, 0.05) is 66.8 Å². The van der Waals surface area contributed by atoms with Gasteiger partial charge in [-0.25, -0.2) is 9.97 Å². The Kier molecular flexibility index (Phi) is 5.41. The largest absolute Gasteiger partial charge is 0.368 e. The maximum Gasteiger partial charge on any atom is 0.256 e. The zero-order valence-corrected chi connectivity index (χ0v) is 19.5. The van der Waals surface area contributed by atoms with Gasteiger partial charge in [-0.3, -0.25) is 9.59 Å². The topological polar surface area (TPSA) is 120 Å². The number of piperazine rings is 1. The van der Waals surface area contributed by atoms with Crippen molar-refractivity contribution in [3.8, 4) is 11.1 Å². The van der Waals surface area contributed by atoms with Gasteiger partial charge in [0.1, 0.15) is 0 Å². The Bertz CT molecular complexity index is 1320. The molecule has 3 aromatic rings. The number of hydrogen-bond donors (Lipinski definition) is 3. The average molecular weight is 458 g/mol. The number of nitrogen functional groups attached to an aromatic ring is 1. The molecule has 4 N–H and O–H groups in total. The second-order valence-corrected chi connectivity index (χ2v) is 8.83. The van der Waals surface area contributed by atoms with Crippen LogP contribution in [-0.4, -0.2) is 69.8 Å². The SMILES string of the molecule is Cc1[nH]c(/C=C2\C(=O)Nc3cccc(-c4cnc(N)nc4)c32)c(C)c1C(=O)N1CCN(C)CC1. The summed E-state index contributed by atoms with van der Waals surface area (Å²) in [4.78, 5) is 41.9. The number of rotatable bonds is 3. The first-order chi connectivity index (χ1) is 16.3. The van der Waals surface area contributed by atoms with Gasteiger partial charge in [-0.2, -0.15) is 0 Å². The van der Waals surface area contributed by atoms with Crippen LogP contribution in [0.3, 0.4) is 0 Å². The van der Waals surface area contributed by atoms with Crippen LogP contribution in [0.5, 0.6) is 0 Å². The normalized spacial score (nSPS) is 17.2. The van der Waals surface area contributed by atoms with Crippen molar-refractivity contribution >= 4 is 35.1 Å². The Hall–Kier alpha value is -3.98. The summed E-state index contributed by atoms with van der Waals surface area (Å²) in [6.07, 6.45) is 5.12. The number of anilines is 2. The first-order valence-corrected chi connectivity index (χ1v) is 11.2. The molecule has 0 bridgehead atoms. The van der Waals surface area contributed by atoms with E-state index in [2.05, 4.69) is 32.2 Å². The number of fused-ring (bicyclic) bond motifs is 1. The number of aryl methyl sites for hydroxylation is 1. The van der Waals surface area contributed by atoms with Crippen LogP contribution in [0.1, 0.15) is 32.9 Å². The molecule has 2 aliphatic heterocycles. The number of benzene rings is 1. The van der Waals surface area contributed by atoms with Crippen LogP contribution >= 0.6 is 0 Å². The molecule has 1 fully saturated rings. The van der Waals surface area contributed by atoms with Crippen molar-refractivity contribution in [3.05, 3.63) is 58.7 Å². The first-order valence-electron chi connectivity index (χ1n) is 11.2. The highest BCUT2D eigenvalue weighted by Gasteiger charge is 2.29. The summed E-state index contributed by atoms with van der Waals surface area (Å²) in [5.41, 5.74) is 12.3. The van der Waals surface area contributed by atoms with Crippen molar-refractivity contribution in [1.82, 2.24) is 24.8 Å². The lowest BCUT2D eigenvalue weighted by atomic mass is 9.95. The minimum atomic E-state index is -0.197. The van der Waals surface area contributed by atoms with Gasteiger partial charge in [-0.1, -0.05) is 12.1 Å². The van der Waals surface area contributed by atoms with Crippen LogP contribution in [-0.2, 0) is 4.79 Å². The van der Waals surface area contributed by atoms with Gasteiger partial charge in [0.05, 0.1) is 11.1 Å². The lowest BCUT2D eigenvalue weighted by molar-refractivity contribution is -0.110. The van der Waals surface area contributed by atoms with E-state index in [-0.39, 0.29) is 17.8 Å². The molecular formula is C25H27N7O2. The Morgan fingerprint density at radius 1 is 1.12 bits per heavy atom. The second-order valence-electron chi connectivity index (χ2n) is 8.83. The van der Waals surface area contributed by atoms with Crippen LogP contribution in [0.4, 0.5) is 11.6 Å². The van der Waals surface area contributed by atoms with E-state index >= 15 is 0 Å². The van der Waals surface area contributed by atoms with E-state index in [1.807, 2.05) is 43.0 Å². The monoisotopic (exact) mass is 457 g/mol. The number of carbonyl (C=O) groups excluding carboxylic acids is 2. The molecular weight excluding hydrogens is 430 g/mol. The number of H-pyrrole nitrogens is 1. The van der Waals surface area contributed by atoms with Crippen molar-refractivity contribution < 1.29 is 9.59 Å². The number of nitrogens with zero attached hydrogens (tertiary/aromatic N) is 4. The van der Waals surface area contributed by atoms with Gasteiger partial charge in [0.25, 0.3) is 11.8 Å².